The fourth-order valence-corrected chi connectivity index (χ4v) is 3.09. The third-order valence-corrected chi connectivity index (χ3v) is 4.92. The number of hydrogen-bond donors (Lipinski definition) is 0. The van der Waals surface area contributed by atoms with Gasteiger partial charge in [-0.2, -0.15) is 18.3 Å². The van der Waals surface area contributed by atoms with E-state index in [1.54, 1.807) is 0 Å². The molecule has 3 aromatic rings. The van der Waals surface area contributed by atoms with Crippen LogP contribution in [-0.4, -0.2) is 35.6 Å². The number of hydrogen-bond acceptors (Lipinski definition) is 6. The molecule has 0 N–H and O–H groups in total. The quantitative estimate of drug-likeness (QED) is 0.624. The third kappa shape index (κ3) is 4.99. The zero-order valence-electron chi connectivity index (χ0n) is 14.9. The van der Waals surface area contributed by atoms with Crippen LogP contribution >= 0.6 is 0 Å². The van der Waals surface area contributed by atoms with Gasteiger partial charge in [-0.1, -0.05) is 12.1 Å². The molecular formula is C18H14F3N3O4S. The predicted molar refractivity (Wildman–Crippen MR) is 97.4 cm³/mol. The Hall–Kier alpha value is -3.21. The zero-order chi connectivity index (χ0) is 21.2. The molecule has 0 bridgehead atoms. The largest absolute Gasteiger partial charge is 0.451 e. The Morgan fingerprint density at radius 3 is 2.24 bits per heavy atom. The molecule has 0 amide bonds. The number of aromatic nitrogens is 3. The summed E-state index contributed by atoms with van der Waals surface area (Å²) in [6, 6.07) is 8.35. The molecule has 7 nitrogen and oxygen atoms in total. The number of alkyl halides is 3. The van der Waals surface area contributed by atoms with Crippen LogP contribution in [0.25, 0.3) is 11.1 Å². The Morgan fingerprint density at radius 1 is 1.07 bits per heavy atom. The van der Waals surface area contributed by atoms with Crippen molar-refractivity contribution in [1.29, 1.82) is 0 Å². The molecule has 152 valence electrons. The summed E-state index contributed by atoms with van der Waals surface area (Å²) in [5.41, 5.74) is -0.612. The average Bonchev–Trinajstić information content (AvgIpc) is 2.64. The maximum Gasteiger partial charge on any atom is 0.408 e. The molecular weight excluding hydrogens is 411 g/mol. The summed E-state index contributed by atoms with van der Waals surface area (Å²) in [4.78, 5) is 16.5. The summed E-state index contributed by atoms with van der Waals surface area (Å²) in [7, 11) is -3.44. The Balaban J connectivity index is 2.13. The molecule has 11 heteroatoms. The minimum absolute atomic E-state index is 0.0521. The van der Waals surface area contributed by atoms with Crippen LogP contribution in [-0.2, 0) is 16.4 Å². The smallest absolute Gasteiger partial charge is 0.408 e. The van der Waals surface area contributed by atoms with Crippen LogP contribution in [0.1, 0.15) is 0 Å². The highest BCUT2D eigenvalue weighted by Gasteiger charge is 2.30. The molecule has 0 atom stereocenters. The second-order valence-corrected chi connectivity index (χ2v) is 8.06. The maximum atomic E-state index is 12.8. The van der Waals surface area contributed by atoms with E-state index in [0.29, 0.717) is 5.56 Å². The lowest BCUT2D eigenvalue weighted by Gasteiger charge is -2.14. The van der Waals surface area contributed by atoms with Gasteiger partial charge in [-0.15, -0.1) is 0 Å². The molecule has 3 rings (SSSR count). The molecule has 0 fully saturated rings. The van der Waals surface area contributed by atoms with Gasteiger partial charge >= 0.3 is 11.7 Å². The summed E-state index contributed by atoms with van der Waals surface area (Å²) >= 11 is 0. The highest BCUT2D eigenvalue weighted by Crippen LogP contribution is 2.30. The molecule has 0 saturated carbocycles. The maximum absolute atomic E-state index is 12.8. The van der Waals surface area contributed by atoms with E-state index in [1.807, 2.05) is 0 Å². The Labute approximate surface area is 163 Å². The molecule has 0 saturated heterocycles. The second-order valence-electron chi connectivity index (χ2n) is 6.05. The summed E-state index contributed by atoms with van der Waals surface area (Å²) < 4.78 is 67.3. The number of halogens is 3. The molecule has 2 aromatic heterocycles. The number of nitrogens with zero attached hydrogens (tertiary/aromatic N) is 3. The molecule has 0 spiro atoms. The first-order valence-corrected chi connectivity index (χ1v) is 9.99. The molecule has 0 radical (unpaired) electrons. The lowest BCUT2D eigenvalue weighted by atomic mass is 10.1. The van der Waals surface area contributed by atoms with Crippen LogP contribution in [0.2, 0.25) is 0 Å². The lowest BCUT2D eigenvalue weighted by Crippen LogP contribution is -2.30. The molecule has 0 aliphatic carbocycles. The van der Waals surface area contributed by atoms with E-state index in [0.717, 1.165) is 12.5 Å². The van der Waals surface area contributed by atoms with E-state index in [-0.39, 0.29) is 26.6 Å². The van der Waals surface area contributed by atoms with Crippen LogP contribution < -0.4 is 10.3 Å². The monoisotopic (exact) mass is 425 g/mol. The number of rotatable bonds is 5. The van der Waals surface area contributed by atoms with Crippen LogP contribution in [0.3, 0.4) is 0 Å². The van der Waals surface area contributed by atoms with Crippen molar-refractivity contribution in [1.82, 2.24) is 14.8 Å². The number of ether oxygens (including phenoxy) is 1. The normalized spacial score (nSPS) is 12.0. The Kier molecular flexibility index (Phi) is 5.42. The lowest BCUT2D eigenvalue weighted by molar-refractivity contribution is -0.143. The van der Waals surface area contributed by atoms with E-state index < -0.39 is 28.1 Å². The first kappa shape index (κ1) is 20.5. The van der Waals surface area contributed by atoms with Crippen molar-refractivity contribution >= 4 is 9.84 Å². The first-order chi connectivity index (χ1) is 13.5. The molecule has 1 aromatic carbocycles. The summed E-state index contributed by atoms with van der Waals surface area (Å²) in [6.45, 7) is -1.58. The van der Waals surface area contributed by atoms with Crippen LogP contribution in [0.15, 0.2) is 64.7 Å². The standard InChI is InChI=1S/C18H14F3N3O4S/c1-29(26,27)14-4-2-12(3-5-14)15-10-23-24(11-18(19,20)21)17(25)16(15)28-13-6-8-22-9-7-13/h2-10H,11H2,1H3. The second kappa shape index (κ2) is 7.66. The highest BCUT2D eigenvalue weighted by molar-refractivity contribution is 7.90. The van der Waals surface area contributed by atoms with Gasteiger partial charge in [0, 0.05) is 18.6 Å². The predicted octanol–water partition coefficient (Wildman–Crippen LogP) is 3.06. The van der Waals surface area contributed by atoms with Gasteiger partial charge in [0.2, 0.25) is 5.75 Å². The number of pyridine rings is 1. The molecule has 0 unspecified atom stereocenters. The van der Waals surface area contributed by atoms with Crippen molar-refractivity contribution < 1.29 is 26.3 Å². The van der Waals surface area contributed by atoms with Gasteiger partial charge in [0.15, 0.2) is 9.84 Å². The van der Waals surface area contributed by atoms with E-state index in [2.05, 4.69) is 10.1 Å². The van der Waals surface area contributed by atoms with Gasteiger partial charge in [0.25, 0.3) is 0 Å². The molecule has 0 aliphatic rings. The minimum Gasteiger partial charge on any atom is -0.451 e. The average molecular weight is 425 g/mol. The van der Waals surface area contributed by atoms with Crippen LogP contribution in [0.5, 0.6) is 11.5 Å². The molecule has 0 aliphatic heterocycles. The Bertz CT molecular complexity index is 1180. The zero-order valence-corrected chi connectivity index (χ0v) is 15.7. The fraction of sp³-hybridized carbons (Fsp3) is 0.167. The van der Waals surface area contributed by atoms with Crippen LogP contribution in [0, 0.1) is 0 Å². The van der Waals surface area contributed by atoms with Crippen molar-refractivity contribution in [2.24, 2.45) is 0 Å². The van der Waals surface area contributed by atoms with Crippen molar-refractivity contribution in [3.63, 3.8) is 0 Å². The van der Waals surface area contributed by atoms with E-state index >= 15 is 0 Å². The van der Waals surface area contributed by atoms with Gasteiger partial charge in [-0.05, 0) is 29.8 Å². The Morgan fingerprint density at radius 2 is 1.69 bits per heavy atom. The summed E-state index contributed by atoms with van der Waals surface area (Å²) in [5.74, 6) is -0.182. The summed E-state index contributed by atoms with van der Waals surface area (Å²) in [6.07, 6.45) is 0.249. The van der Waals surface area contributed by atoms with E-state index in [9.17, 15) is 26.4 Å². The van der Waals surface area contributed by atoms with Crippen molar-refractivity contribution in [3.8, 4) is 22.6 Å². The highest BCUT2D eigenvalue weighted by atomic mass is 32.2. The van der Waals surface area contributed by atoms with E-state index in [1.165, 1.54) is 48.8 Å². The fourth-order valence-electron chi connectivity index (χ4n) is 2.46. The topological polar surface area (TPSA) is 91.2 Å². The number of benzene rings is 1. The van der Waals surface area contributed by atoms with Gasteiger partial charge in [0.05, 0.1) is 16.7 Å². The van der Waals surface area contributed by atoms with Gasteiger partial charge < -0.3 is 4.74 Å². The summed E-state index contributed by atoms with van der Waals surface area (Å²) in [5, 5.41) is 3.59. The number of sulfone groups is 1. The molecule has 29 heavy (non-hydrogen) atoms. The SMILES string of the molecule is CS(=O)(=O)c1ccc(-c2cnn(CC(F)(F)F)c(=O)c2Oc2ccncc2)cc1. The van der Waals surface area contributed by atoms with Crippen LogP contribution in [0.4, 0.5) is 13.2 Å². The van der Waals surface area contributed by atoms with Crippen molar-refractivity contribution in [3.05, 3.63) is 65.3 Å². The van der Waals surface area contributed by atoms with Crippen molar-refractivity contribution in [2.75, 3.05) is 6.26 Å². The van der Waals surface area contributed by atoms with Gasteiger partial charge in [-0.25, -0.2) is 13.1 Å². The van der Waals surface area contributed by atoms with Crippen molar-refractivity contribution in [2.45, 2.75) is 17.6 Å². The third-order valence-electron chi connectivity index (χ3n) is 3.79. The van der Waals surface area contributed by atoms with Gasteiger partial charge in [-0.3, -0.25) is 9.78 Å². The van der Waals surface area contributed by atoms with E-state index in [4.69, 9.17) is 4.74 Å². The minimum atomic E-state index is -4.65. The molecule has 2 heterocycles. The first-order valence-electron chi connectivity index (χ1n) is 8.10. The van der Waals surface area contributed by atoms with Gasteiger partial charge in [0.1, 0.15) is 12.3 Å².